The molecule has 0 spiro atoms. The molecule has 0 aromatic carbocycles. The Morgan fingerprint density at radius 1 is 1.32 bits per heavy atom. The number of aryl methyl sites for hydroxylation is 2. The molecule has 2 heterocycles. The Bertz CT molecular complexity index is 592. The predicted octanol–water partition coefficient (Wildman–Crippen LogP) is 3.78. The van der Waals surface area contributed by atoms with Gasteiger partial charge < -0.3 is 4.57 Å². The Morgan fingerprint density at radius 2 is 1.95 bits per heavy atom. The van der Waals surface area contributed by atoms with Crippen molar-refractivity contribution in [2.75, 3.05) is 0 Å². The zero-order valence-electron chi connectivity index (χ0n) is 12.7. The fraction of sp³-hybridized carbons (Fsp3) is 0.714. The third kappa shape index (κ3) is 2.16. The van der Waals surface area contributed by atoms with Crippen LogP contribution in [0.15, 0.2) is 0 Å². The summed E-state index contributed by atoms with van der Waals surface area (Å²) in [5, 5.41) is 4.46. The molecule has 0 saturated heterocycles. The largest absolute Gasteiger partial charge is 0.306 e. The van der Waals surface area contributed by atoms with Crippen molar-refractivity contribution in [3.8, 4) is 0 Å². The van der Waals surface area contributed by atoms with E-state index in [1.807, 2.05) is 18.7 Å². The van der Waals surface area contributed by atoms with Crippen molar-refractivity contribution in [3.63, 3.8) is 0 Å². The third-order valence-corrected chi connectivity index (χ3v) is 4.09. The first-order valence-corrected chi connectivity index (χ1v) is 7.35. The Hall–Kier alpha value is -1.03. The lowest BCUT2D eigenvalue weighted by molar-refractivity contribution is 0.336. The summed E-state index contributed by atoms with van der Waals surface area (Å²) in [6.07, 6.45) is 1.90. The van der Waals surface area contributed by atoms with Crippen molar-refractivity contribution >= 4 is 22.8 Å². The summed E-state index contributed by atoms with van der Waals surface area (Å²) in [5.41, 5.74) is 3.09. The molecule has 0 amide bonds. The van der Waals surface area contributed by atoms with E-state index in [4.69, 9.17) is 16.6 Å². The summed E-state index contributed by atoms with van der Waals surface area (Å²) in [6.45, 7) is 10.7. The van der Waals surface area contributed by atoms with Gasteiger partial charge in [0.25, 0.3) is 0 Å². The summed E-state index contributed by atoms with van der Waals surface area (Å²) in [5.74, 6) is 0.936. The maximum atomic E-state index is 6.33. The summed E-state index contributed by atoms with van der Waals surface area (Å²) >= 11 is 6.33. The third-order valence-electron chi connectivity index (χ3n) is 3.89. The van der Waals surface area contributed by atoms with Crippen LogP contribution in [-0.4, -0.2) is 19.3 Å². The summed E-state index contributed by atoms with van der Waals surface area (Å²) in [4.78, 5) is 4.77. The average molecular weight is 283 g/mol. The van der Waals surface area contributed by atoms with Gasteiger partial charge >= 0.3 is 0 Å². The Kier molecular flexibility index (Phi) is 3.65. The van der Waals surface area contributed by atoms with Crippen molar-refractivity contribution in [1.29, 1.82) is 0 Å². The number of nitrogens with zero attached hydrogens (tertiary/aromatic N) is 4. The van der Waals surface area contributed by atoms with Crippen LogP contribution < -0.4 is 0 Å². The first-order chi connectivity index (χ1) is 8.83. The number of rotatable bonds is 4. The molecule has 2 aromatic rings. The molecule has 0 aliphatic heterocycles. The Balaban J connectivity index is 2.84. The molecule has 106 valence electrons. The quantitative estimate of drug-likeness (QED) is 0.800. The van der Waals surface area contributed by atoms with Gasteiger partial charge in [0.1, 0.15) is 11.3 Å². The molecular formula is C14H23ClN4. The van der Waals surface area contributed by atoms with Crippen molar-refractivity contribution in [2.24, 2.45) is 7.05 Å². The van der Waals surface area contributed by atoms with Gasteiger partial charge in [0, 0.05) is 12.6 Å². The lowest BCUT2D eigenvalue weighted by Crippen LogP contribution is -2.28. The van der Waals surface area contributed by atoms with E-state index in [0.717, 1.165) is 35.5 Å². The van der Waals surface area contributed by atoms with E-state index < -0.39 is 0 Å². The molecule has 19 heavy (non-hydrogen) atoms. The minimum absolute atomic E-state index is 0.0218. The molecule has 0 saturated carbocycles. The molecule has 0 fully saturated rings. The highest BCUT2D eigenvalue weighted by Crippen LogP contribution is 2.33. The number of hydrogen-bond acceptors (Lipinski definition) is 2. The molecule has 1 atom stereocenters. The molecule has 2 rings (SSSR count). The molecule has 0 aliphatic carbocycles. The van der Waals surface area contributed by atoms with Gasteiger partial charge in [0.05, 0.1) is 11.1 Å². The number of imidazole rings is 1. The highest BCUT2D eigenvalue weighted by Gasteiger charge is 2.29. The number of fused-ring (bicyclic) bond motifs is 1. The highest BCUT2D eigenvalue weighted by molar-refractivity contribution is 6.20. The summed E-state index contributed by atoms with van der Waals surface area (Å²) in [7, 11) is 1.98. The van der Waals surface area contributed by atoms with Crippen LogP contribution in [0.25, 0.3) is 11.2 Å². The fourth-order valence-electron chi connectivity index (χ4n) is 2.46. The molecule has 4 nitrogen and oxygen atoms in total. The number of aromatic nitrogens is 4. The van der Waals surface area contributed by atoms with Gasteiger partial charge in [-0.1, -0.05) is 13.8 Å². The molecule has 0 aliphatic rings. The standard InChI is InChI=1S/C14H23ClN4/c1-7-10-11-13(18(6)17-10)19(14(4,5)8-2)12(16-11)9(3)15/h9H,7-8H2,1-6H3. The minimum Gasteiger partial charge on any atom is -0.306 e. The van der Waals surface area contributed by atoms with E-state index in [2.05, 4.69) is 37.4 Å². The zero-order valence-corrected chi connectivity index (χ0v) is 13.4. The van der Waals surface area contributed by atoms with Crippen LogP contribution in [0.5, 0.6) is 0 Å². The number of hydrogen-bond donors (Lipinski definition) is 0. The molecule has 5 heteroatoms. The highest BCUT2D eigenvalue weighted by atomic mass is 35.5. The van der Waals surface area contributed by atoms with Gasteiger partial charge in [0.2, 0.25) is 0 Å². The van der Waals surface area contributed by atoms with Crippen LogP contribution in [0.3, 0.4) is 0 Å². The molecule has 1 unspecified atom stereocenters. The fourth-order valence-corrected chi connectivity index (χ4v) is 2.60. The van der Waals surface area contributed by atoms with Gasteiger partial charge in [-0.25, -0.2) is 4.98 Å². The first kappa shape index (κ1) is 14.4. The minimum atomic E-state index is -0.108. The number of alkyl halides is 1. The van der Waals surface area contributed by atoms with Crippen molar-refractivity contribution in [3.05, 3.63) is 11.5 Å². The number of halogens is 1. The van der Waals surface area contributed by atoms with E-state index >= 15 is 0 Å². The van der Waals surface area contributed by atoms with Gasteiger partial charge in [-0.15, -0.1) is 11.6 Å². The van der Waals surface area contributed by atoms with E-state index in [0.29, 0.717) is 0 Å². The molecular weight excluding hydrogens is 260 g/mol. The molecule has 0 bridgehead atoms. The van der Waals surface area contributed by atoms with Gasteiger partial charge in [-0.3, -0.25) is 4.68 Å². The van der Waals surface area contributed by atoms with Crippen molar-refractivity contribution < 1.29 is 0 Å². The molecule has 2 aromatic heterocycles. The topological polar surface area (TPSA) is 35.6 Å². The maximum Gasteiger partial charge on any atom is 0.159 e. The Labute approximate surface area is 119 Å². The van der Waals surface area contributed by atoms with Crippen LogP contribution in [0.2, 0.25) is 0 Å². The van der Waals surface area contributed by atoms with E-state index in [1.165, 1.54) is 0 Å². The zero-order chi connectivity index (χ0) is 14.4. The van der Waals surface area contributed by atoms with Gasteiger partial charge in [-0.05, 0) is 33.6 Å². The average Bonchev–Trinajstić information content (AvgIpc) is 2.88. The molecule has 0 N–H and O–H groups in total. The van der Waals surface area contributed by atoms with E-state index in [9.17, 15) is 0 Å². The first-order valence-electron chi connectivity index (χ1n) is 6.92. The van der Waals surface area contributed by atoms with E-state index in [-0.39, 0.29) is 10.9 Å². The Morgan fingerprint density at radius 3 is 2.42 bits per heavy atom. The van der Waals surface area contributed by atoms with Crippen LogP contribution in [0, 0.1) is 0 Å². The van der Waals surface area contributed by atoms with E-state index in [1.54, 1.807) is 0 Å². The molecule has 0 radical (unpaired) electrons. The predicted molar refractivity (Wildman–Crippen MR) is 79.8 cm³/mol. The van der Waals surface area contributed by atoms with Gasteiger partial charge in [-0.2, -0.15) is 5.10 Å². The van der Waals surface area contributed by atoms with Crippen LogP contribution in [0.4, 0.5) is 0 Å². The normalized spacial score (nSPS) is 14.3. The second kappa shape index (κ2) is 4.82. The SMILES string of the molecule is CCc1nn(C)c2c1nc(C(C)Cl)n2C(C)(C)CC. The summed E-state index contributed by atoms with van der Waals surface area (Å²) in [6, 6.07) is 0. The van der Waals surface area contributed by atoms with Crippen molar-refractivity contribution in [1.82, 2.24) is 19.3 Å². The lowest BCUT2D eigenvalue weighted by Gasteiger charge is -2.28. The second-order valence-corrected chi connectivity index (χ2v) is 6.34. The maximum absolute atomic E-state index is 6.33. The van der Waals surface area contributed by atoms with Gasteiger partial charge in [0.15, 0.2) is 5.65 Å². The van der Waals surface area contributed by atoms with Crippen LogP contribution >= 0.6 is 11.6 Å². The van der Waals surface area contributed by atoms with Crippen LogP contribution in [-0.2, 0) is 19.0 Å². The second-order valence-electron chi connectivity index (χ2n) is 5.68. The smallest absolute Gasteiger partial charge is 0.159 e. The summed E-state index contributed by atoms with van der Waals surface area (Å²) < 4.78 is 4.19. The van der Waals surface area contributed by atoms with Crippen molar-refractivity contribution in [2.45, 2.75) is 58.4 Å². The monoisotopic (exact) mass is 282 g/mol. The van der Waals surface area contributed by atoms with Crippen LogP contribution in [0.1, 0.15) is 57.9 Å². The lowest BCUT2D eigenvalue weighted by atomic mass is 10.0.